The van der Waals surface area contributed by atoms with E-state index in [1.807, 2.05) is 32.0 Å². The zero-order chi connectivity index (χ0) is 14.0. The van der Waals surface area contributed by atoms with Gasteiger partial charge in [0.2, 0.25) is 5.91 Å². The van der Waals surface area contributed by atoms with Crippen molar-refractivity contribution in [3.63, 3.8) is 0 Å². The highest BCUT2D eigenvalue weighted by Gasteiger charge is 2.24. The van der Waals surface area contributed by atoms with Gasteiger partial charge in [-0.2, -0.15) is 5.10 Å². The summed E-state index contributed by atoms with van der Waals surface area (Å²) in [7, 11) is 0. The molecule has 1 aliphatic rings. The van der Waals surface area contributed by atoms with E-state index in [1.165, 1.54) is 5.01 Å². The molecule has 0 atom stereocenters. The first-order valence-corrected chi connectivity index (χ1v) is 6.14. The molecule has 0 fully saturated rings. The molecule has 2 rings (SSSR count). The Hall–Kier alpha value is -2.17. The van der Waals surface area contributed by atoms with Crippen LogP contribution in [-0.4, -0.2) is 27.7 Å². The lowest BCUT2D eigenvalue weighted by Gasteiger charge is -2.22. The first-order chi connectivity index (χ1) is 8.95. The predicted octanol–water partition coefficient (Wildman–Crippen LogP) is 1.87. The normalized spacial score (nSPS) is 15.4. The smallest absolute Gasteiger partial charge is 0.352 e. The third-order valence-corrected chi connectivity index (χ3v) is 2.97. The molecule has 0 saturated heterocycles. The molecular weight excluding hydrogens is 244 g/mol. The number of carbonyl (C=O) groups is 2. The van der Waals surface area contributed by atoms with E-state index in [1.54, 1.807) is 0 Å². The van der Waals surface area contributed by atoms with Gasteiger partial charge in [-0.15, -0.1) is 0 Å². The van der Waals surface area contributed by atoms with Crippen molar-refractivity contribution in [2.24, 2.45) is 5.10 Å². The minimum absolute atomic E-state index is 0.0453. The number of carboxylic acid groups (broad SMARTS) is 1. The maximum absolute atomic E-state index is 11.8. The Labute approximate surface area is 111 Å². The fraction of sp³-hybridized carbons (Fsp3) is 0.357. The van der Waals surface area contributed by atoms with Crippen LogP contribution in [0.3, 0.4) is 0 Å². The molecule has 1 aromatic carbocycles. The van der Waals surface area contributed by atoms with Gasteiger partial charge in [-0.3, -0.25) is 4.79 Å². The minimum atomic E-state index is -1.06. The fourth-order valence-corrected chi connectivity index (χ4v) is 2.21. The number of aliphatic carboxylic acids is 1. The molecule has 1 aromatic rings. The van der Waals surface area contributed by atoms with Crippen LogP contribution in [0.5, 0.6) is 0 Å². The minimum Gasteiger partial charge on any atom is -0.477 e. The molecule has 19 heavy (non-hydrogen) atoms. The lowest BCUT2D eigenvalue weighted by Crippen LogP contribution is -2.33. The topological polar surface area (TPSA) is 70.0 Å². The third-order valence-electron chi connectivity index (χ3n) is 2.97. The number of carboxylic acids is 1. The number of hydrogen-bond acceptors (Lipinski definition) is 3. The number of benzene rings is 1. The Morgan fingerprint density at radius 1 is 1.26 bits per heavy atom. The standard InChI is InChI=1S/C14H16N2O3/c1-9-5-10(2)7-11(6-9)8-16-13(17)4-3-12(15-16)14(18)19/h5-7H,3-4,8H2,1-2H3,(H,18,19). The molecule has 0 aliphatic carbocycles. The van der Waals surface area contributed by atoms with Gasteiger partial charge in [-0.05, 0) is 19.4 Å². The van der Waals surface area contributed by atoms with Gasteiger partial charge in [0.1, 0.15) is 5.71 Å². The van der Waals surface area contributed by atoms with E-state index in [0.29, 0.717) is 6.54 Å². The second-order valence-corrected chi connectivity index (χ2v) is 4.80. The Morgan fingerprint density at radius 3 is 2.47 bits per heavy atom. The van der Waals surface area contributed by atoms with Crippen molar-refractivity contribution in [1.29, 1.82) is 0 Å². The van der Waals surface area contributed by atoms with E-state index >= 15 is 0 Å². The summed E-state index contributed by atoms with van der Waals surface area (Å²) < 4.78 is 0. The van der Waals surface area contributed by atoms with E-state index in [9.17, 15) is 9.59 Å². The summed E-state index contributed by atoms with van der Waals surface area (Å²) in [5.74, 6) is -1.19. The van der Waals surface area contributed by atoms with E-state index in [2.05, 4.69) is 5.10 Å². The van der Waals surface area contributed by atoms with Gasteiger partial charge in [-0.1, -0.05) is 29.3 Å². The predicted molar refractivity (Wildman–Crippen MR) is 70.8 cm³/mol. The van der Waals surface area contributed by atoms with E-state index in [-0.39, 0.29) is 24.5 Å². The highest BCUT2D eigenvalue weighted by atomic mass is 16.4. The number of aryl methyl sites for hydroxylation is 2. The molecule has 5 nitrogen and oxygen atoms in total. The van der Waals surface area contributed by atoms with Crippen LogP contribution in [0.15, 0.2) is 23.3 Å². The second kappa shape index (κ2) is 5.22. The molecule has 1 aliphatic heterocycles. The van der Waals surface area contributed by atoms with Crippen LogP contribution in [-0.2, 0) is 16.1 Å². The van der Waals surface area contributed by atoms with Crippen LogP contribution < -0.4 is 0 Å². The number of carbonyl (C=O) groups excluding carboxylic acids is 1. The van der Waals surface area contributed by atoms with Crippen LogP contribution in [0.25, 0.3) is 0 Å². The summed E-state index contributed by atoms with van der Waals surface area (Å²) in [6, 6.07) is 6.00. The summed E-state index contributed by atoms with van der Waals surface area (Å²) >= 11 is 0. The molecule has 0 aromatic heterocycles. The zero-order valence-electron chi connectivity index (χ0n) is 11.0. The second-order valence-electron chi connectivity index (χ2n) is 4.80. The van der Waals surface area contributed by atoms with Crippen LogP contribution in [0, 0.1) is 13.8 Å². The van der Waals surface area contributed by atoms with Crippen LogP contribution in [0.2, 0.25) is 0 Å². The van der Waals surface area contributed by atoms with Crippen molar-refractivity contribution in [3.8, 4) is 0 Å². The van der Waals surface area contributed by atoms with Crippen molar-refractivity contribution < 1.29 is 14.7 Å². The SMILES string of the molecule is Cc1cc(C)cc(CN2N=C(C(=O)O)CCC2=O)c1. The number of rotatable bonds is 3. The first kappa shape index (κ1) is 13.3. The molecule has 0 bridgehead atoms. The van der Waals surface area contributed by atoms with Crippen LogP contribution >= 0.6 is 0 Å². The summed E-state index contributed by atoms with van der Waals surface area (Å²) in [6.45, 7) is 4.29. The maximum atomic E-state index is 11.8. The summed E-state index contributed by atoms with van der Waals surface area (Å²) in [5, 5.41) is 14.1. The van der Waals surface area contributed by atoms with Crippen molar-refractivity contribution in [1.82, 2.24) is 5.01 Å². The molecule has 0 spiro atoms. The van der Waals surface area contributed by atoms with Gasteiger partial charge in [-0.25, -0.2) is 9.80 Å². The lowest BCUT2D eigenvalue weighted by atomic mass is 10.1. The molecule has 1 heterocycles. The Kier molecular flexibility index (Phi) is 3.64. The molecule has 0 radical (unpaired) electrons. The van der Waals surface area contributed by atoms with Gasteiger partial charge in [0.25, 0.3) is 0 Å². The highest BCUT2D eigenvalue weighted by molar-refractivity contribution is 6.36. The number of hydrogen-bond donors (Lipinski definition) is 1. The van der Waals surface area contributed by atoms with E-state index in [4.69, 9.17) is 5.11 Å². The number of nitrogens with zero attached hydrogens (tertiary/aromatic N) is 2. The summed E-state index contributed by atoms with van der Waals surface area (Å²) in [4.78, 5) is 22.7. The van der Waals surface area contributed by atoms with Crippen molar-refractivity contribution in [2.45, 2.75) is 33.2 Å². The van der Waals surface area contributed by atoms with E-state index in [0.717, 1.165) is 16.7 Å². The first-order valence-electron chi connectivity index (χ1n) is 6.14. The number of hydrazone groups is 1. The zero-order valence-corrected chi connectivity index (χ0v) is 11.0. The molecule has 0 saturated carbocycles. The summed E-state index contributed by atoms with van der Waals surface area (Å²) in [6.07, 6.45) is 0.410. The van der Waals surface area contributed by atoms with Gasteiger partial charge >= 0.3 is 5.97 Å². The van der Waals surface area contributed by atoms with Crippen molar-refractivity contribution in [2.75, 3.05) is 0 Å². The fourth-order valence-electron chi connectivity index (χ4n) is 2.21. The summed E-state index contributed by atoms with van der Waals surface area (Å²) in [5.41, 5.74) is 3.23. The lowest BCUT2D eigenvalue weighted by molar-refractivity contribution is -0.133. The van der Waals surface area contributed by atoms with Crippen molar-refractivity contribution >= 4 is 17.6 Å². The Balaban J connectivity index is 2.23. The molecule has 0 unspecified atom stereocenters. The molecule has 100 valence electrons. The monoisotopic (exact) mass is 260 g/mol. The van der Waals surface area contributed by atoms with Gasteiger partial charge in [0, 0.05) is 12.8 Å². The van der Waals surface area contributed by atoms with Crippen LogP contribution in [0.1, 0.15) is 29.5 Å². The van der Waals surface area contributed by atoms with Gasteiger partial charge < -0.3 is 5.11 Å². The Bertz CT molecular complexity index is 544. The highest BCUT2D eigenvalue weighted by Crippen LogP contribution is 2.16. The molecule has 1 N–H and O–H groups in total. The van der Waals surface area contributed by atoms with Crippen LogP contribution in [0.4, 0.5) is 0 Å². The van der Waals surface area contributed by atoms with E-state index < -0.39 is 5.97 Å². The molecule has 1 amide bonds. The average molecular weight is 260 g/mol. The van der Waals surface area contributed by atoms with Gasteiger partial charge in [0.05, 0.1) is 6.54 Å². The quantitative estimate of drug-likeness (QED) is 0.901. The van der Waals surface area contributed by atoms with Crippen molar-refractivity contribution in [3.05, 3.63) is 34.9 Å². The largest absolute Gasteiger partial charge is 0.477 e. The Morgan fingerprint density at radius 2 is 1.89 bits per heavy atom. The average Bonchev–Trinajstić information content (AvgIpc) is 2.30. The number of amides is 1. The van der Waals surface area contributed by atoms with Gasteiger partial charge in [0.15, 0.2) is 0 Å². The maximum Gasteiger partial charge on any atom is 0.352 e. The molecular formula is C14H16N2O3. The molecule has 5 heteroatoms. The third kappa shape index (κ3) is 3.19.